The Bertz CT molecular complexity index is 592. The summed E-state index contributed by atoms with van der Waals surface area (Å²) in [6, 6.07) is 4.76. The van der Waals surface area contributed by atoms with Crippen LogP contribution in [0.15, 0.2) is 18.2 Å². The molecule has 0 aromatic heterocycles. The van der Waals surface area contributed by atoms with Crippen LogP contribution in [0.4, 0.5) is 9.18 Å². The molecule has 0 radical (unpaired) electrons. The molecule has 2 fully saturated rings. The largest absolute Gasteiger partial charge is 0.493 e. The molecule has 1 aliphatic heterocycles. The number of hydrogen-bond acceptors (Lipinski definition) is 4. The third-order valence-electron chi connectivity index (χ3n) is 5.13. The van der Waals surface area contributed by atoms with Crippen LogP contribution in [0.1, 0.15) is 38.2 Å². The quantitative estimate of drug-likeness (QED) is 0.855. The molecule has 1 aromatic rings. The fraction of sp³-hybridized carbons (Fsp3) is 0.632. The van der Waals surface area contributed by atoms with E-state index in [-0.39, 0.29) is 24.6 Å². The van der Waals surface area contributed by atoms with Gasteiger partial charge in [0.1, 0.15) is 18.2 Å². The number of amides is 1. The lowest BCUT2D eigenvalue weighted by Gasteiger charge is -2.34. The van der Waals surface area contributed by atoms with Crippen molar-refractivity contribution in [2.24, 2.45) is 5.92 Å². The van der Waals surface area contributed by atoms with Crippen LogP contribution in [-0.4, -0.2) is 43.3 Å². The first-order valence-electron chi connectivity index (χ1n) is 9.22. The highest BCUT2D eigenvalue weighted by Gasteiger charge is 2.26. The number of nitrogens with one attached hydrogen (secondary N) is 1. The Morgan fingerprint density at radius 3 is 2.96 bits per heavy atom. The summed E-state index contributed by atoms with van der Waals surface area (Å²) in [6.45, 7) is 4.77. The van der Waals surface area contributed by atoms with Crippen molar-refractivity contribution in [1.29, 1.82) is 0 Å². The van der Waals surface area contributed by atoms with Crippen LogP contribution in [0, 0.1) is 11.7 Å². The molecule has 5 nitrogen and oxygen atoms in total. The average Bonchev–Trinajstić information content (AvgIpc) is 2.60. The van der Waals surface area contributed by atoms with Gasteiger partial charge in [0, 0.05) is 31.2 Å². The van der Waals surface area contributed by atoms with Crippen LogP contribution in [0.2, 0.25) is 0 Å². The third kappa shape index (κ3) is 4.63. The van der Waals surface area contributed by atoms with E-state index in [1.54, 1.807) is 17.0 Å². The minimum absolute atomic E-state index is 0.0777. The third-order valence-corrected chi connectivity index (χ3v) is 5.13. The second-order valence-electron chi connectivity index (χ2n) is 6.88. The predicted octanol–water partition coefficient (Wildman–Crippen LogP) is 3.33. The van der Waals surface area contributed by atoms with E-state index in [2.05, 4.69) is 5.32 Å². The fourth-order valence-electron chi connectivity index (χ4n) is 3.21. The first-order valence-corrected chi connectivity index (χ1v) is 9.22. The maximum atomic E-state index is 14.0. The molecule has 1 amide bonds. The molecule has 1 heterocycles. The smallest absolute Gasteiger partial charge is 0.410 e. The van der Waals surface area contributed by atoms with Crippen LogP contribution in [-0.2, 0) is 11.3 Å². The lowest BCUT2D eigenvalue weighted by molar-refractivity contribution is 0.0705. The van der Waals surface area contributed by atoms with Crippen molar-refractivity contribution >= 4 is 6.09 Å². The summed E-state index contributed by atoms with van der Waals surface area (Å²) in [4.78, 5) is 14.0. The monoisotopic (exact) mass is 350 g/mol. The summed E-state index contributed by atoms with van der Waals surface area (Å²) in [5.41, 5.74) is 0.350. The van der Waals surface area contributed by atoms with Gasteiger partial charge >= 0.3 is 6.09 Å². The number of rotatable bonds is 6. The first kappa shape index (κ1) is 18.0. The fourth-order valence-corrected chi connectivity index (χ4v) is 3.21. The van der Waals surface area contributed by atoms with E-state index in [9.17, 15) is 9.18 Å². The molecular formula is C19H27FN2O3. The van der Waals surface area contributed by atoms with Crippen molar-refractivity contribution in [2.45, 2.75) is 45.3 Å². The maximum absolute atomic E-state index is 14.0. The molecule has 1 atom stereocenters. The Morgan fingerprint density at radius 2 is 2.24 bits per heavy atom. The number of nitrogens with zero attached hydrogens (tertiary/aromatic N) is 1. The van der Waals surface area contributed by atoms with Gasteiger partial charge in [-0.15, -0.1) is 0 Å². The second kappa shape index (κ2) is 8.52. The van der Waals surface area contributed by atoms with Gasteiger partial charge in [0.15, 0.2) is 0 Å². The summed E-state index contributed by atoms with van der Waals surface area (Å²) in [6.07, 6.45) is 4.16. The van der Waals surface area contributed by atoms with E-state index in [4.69, 9.17) is 9.47 Å². The number of halogens is 1. The van der Waals surface area contributed by atoms with Crippen LogP contribution < -0.4 is 10.1 Å². The van der Waals surface area contributed by atoms with E-state index in [0.29, 0.717) is 30.4 Å². The van der Waals surface area contributed by atoms with Crippen molar-refractivity contribution in [2.75, 3.05) is 26.2 Å². The summed E-state index contributed by atoms with van der Waals surface area (Å²) < 4.78 is 25.1. The molecule has 1 aliphatic carbocycles. The molecule has 2 aliphatic rings. The number of piperazine rings is 1. The predicted molar refractivity (Wildman–Crippen MR) is 93.1 cm³/mol. The number of carbonyl (C=O) groups is 1. The zero-order valence-corrected chi connectivity index (χ0v) is 14.8. The van der Waals surface area contributed by atoms with Gasteiger partial charge in [-0.25, -0.2) is 9.18 Å². The summed E-state index contributed by atoms with van der Waals surface area (Å²) in [7, 11) is 0. The van der Waals surface area contributed by atoms with Crippen molar-refractivity contribution in [3.05, 3.63) is 29.6 Å². The molecule has 1 saturated carbocycles. The van der Waals surface area contributed by atoms with E-state index >= 15 is 0 Å². The number of benzene rings is 1. The van der Waals surface area contributed by atoms with Crippen LogP contribution in [0.25, 0.3) is 0 Å². The lowest BCUT2D eigenvalue weighted by Crippen LogP contribution is -2.53. The van der Waals surface area contributed by atoms with Crippen molar-refractivity contribution in [3.63, 3.8) is 0 Å². The normalized spacial score (nSPS) is 20.9. The number of hydrogen-bond donors (Lipinski definition) is 1. The molecule has 25 heavy (non-hydrogen) atoms. The SMILES string of the molecule is CCC1CNCCN1C(=O)OCc1cc(OCC2CCC2)ccc1F. The highest BCUT2D eigenvalue weighted by molar-refractivity contribution is 5.68. The minimum Gasteiger partial charge on any atom is -0.493 e. The Labute approximate surface area is 148 Å². The van der Waals surface area contributed by atoms with E-state index < -0.39 is 0 Å². The van der Waals surface area contributed by atoms with E-state index in [0.717, 1.165) is 19.5 Å². The van der Waals surface area contributed by atoms with Crippen LogP contribution in [0.5, 0.6) is 5.75 Å². The molecule has 138 valence electrons. The molecule has 0 spiro atoms. The molecule has 3 rings (SSSR count). The van der Waals surface area contributed by atoms with E-state index in [1.165, 1.54) is 25.3 Å². The van der Waals surface area contributed by atoms with Crippen LogP contribution >= 0.6 is 0 Å². The molecule has 6 heteroatoms. The molecule has 0 bridgehead atoms. The Hall–Kier alpha value is -1.82. The summed E-state index contributed by atoms with van der Waals surface area (Å²) >= 11 is 0. The highest BCUT2D eigenvalue weighted by atomic mass is 19.1. The van der Waals surface area contributed by atoms with Gasteiger partial charge in [0.2, 0.25) is 0 Å². The summed E-state index contributed by atoms with van der Waals surface area (Å²) in [5.74, 6) is 0.870. The average molecular weight is 350 g/mol. The van der Waals surface area contributed by atoms with Gasteiger partial charge in [-0.3, -0.25) is 0 Å². The van der Waals surface area contributed by atoms with Gasteiger partial charge in [-0.05, 0) is 43.4 Å². The van der Waals surface area contributed by atoms with Gasteiger partial charge in [-0.2, -0.15) is 0 Å². The van der Waals surface area contributed by atoms with Gasteiger partial charge in [-0.1, -0.05) is 13.3 Å². The van der Waals surface area contributed by atoms with Crippen molar-refractivity contribution < 1.29 is 18.7 Å². The van der Waals surface area contributed by atoms with Gasteiger partial charge in [0.05, 0.1) is 6.61 Å². The Morgan fingerprint density at radius 1 is 1.40 bits per heavy atom. The second-order valence-corrected chi connectivity index (χ2v) is 6.88. The highest BCUT2D eigenvalue weighted by Crippen LogP contribution is 2.27. The topological polar surface area (TPSA) is 50.8 Å². The lowest BCUT2D eigenvalue weighted by atomic mass is 9.86. The first-order chi connectivity index (χ1) is 12.2. The van der Waals surface area contributed by atoms with Crippen LogP contribution in [0.3, 0.4) is 0 Å². The maximum Gasteiger partial charge on any atom is 0.410 e. The molecule has 1 saturated heterocycles. The minimum atomic E-state index is -0.381. The molecule has 1 N–H and O–H groups in total. The number of carbonyl (C=O) groups excluding carboxylic acids is 1. The molecule has 1 aromatic carbocycles. The zero-order valence-electron chi connectivity index (χ0n) is 14.8. The summed E-state index contributed by atoms with van der Waals surface area (Å²) in [5, 5.41) is 3.27. The zero-order chi connectivity index (χ0) is 17.6. The Kier molecular flexibility index (Phi) is 6.13. The van der Waals surface area contributed by atoms with Gasteiger partial charge in [0.25, 0.3) is 0 Å². The standard InChI is InChI=1S/C19H27FN2O3/c1-2-16-11-21-8-9-22(16)19(23)25-13-15-10-17(6-7-18(15)20)24-12-14-4-3-5-14/h6-7,10,14,16,21H,2-5,8-9,11-13H2,1H3. The number of ether oxygens (including phenoxy) is 2. The van der Waals surface area contributed by atoms with Gasteiger partial charge < -0.3 is 19.7 Å². The molecular weight excluding hydrogens is 323 g/mol. The van der Waals surface area contributed by atoms with Crippen molar-refractivity contribution in [1.82, 2.24) is 10.2 Å². The van der Waals surface area contributed by atoms with Crippen molar-refractivity contribution in [3.8, 4) is 5.75 Å². The van der Waals surface area contributed by atoms with E-state index in [1.807, 2.05) is 6.92 Å². The Balaban J connectivity index is 1.54. The molecule has 1 unspecified atom stereocenters.